The van der Waals surface area contributed by atoms with E-state index in [-0.39, 0.29) is 10.6 Å². The number of hydrogen-bond donors (Lipinski definition) is 1. The van der Waals surface area contributed by atoms with Crippen LogP contribution < -0.4 is 5.32 Å². The maximum absolute atomic E-state index is 10.6. The molecule has 1 unspecified atom stereocenters. The Morgan fingerprint density at radius 2 is 2.31 bits per heavy atom. The minimum absolute atomic E-state index is 0.165. The van der Waals surface area contributed by atoms with Crippen molar-refractivity contribution in [2.75, 3.05) is 0 Å². The molecule has 1 N–H and O–H groups in total. The first-order valence-electron chi connectivity index (χ1n) is 5.63. The molecule has 1 aliphatic rings. The average molecular weight is 220 g/mol. The number of nitrogens with one attached hydrogen (secondary N) is 1. The standard InChI is InChI=1S/C12H16N2O2/c1-9(11-5-6-11)13-8-10-3-2-4-12(7-10)14(15)16/h2-4,7,9,11,13H,5-6,8H2,1H3. The van der Waals surface area contributed by atoms with Crippen LogP contribution >= 0.6 is 0 Å². The van der Waals surface area contributed by atoms with Gasteiger partial charge in [0.25, 0.3) is 5.69 Å². The molecule has 1 atom stereocenters. The molecule has 0 saturated heterocycles. The molecule has 86 valence electrons. The van der Waals surface area contributed by atoms with E-state index >= 15 is 0 Å². The zero-order valence-corrected chi connectivity index (χ0v) is 9.35. The summed E-state index contributed by atoms with van der Waals surface area (Å²) in [5, 5.41) is 14.0. The van der Waals surface area contributed by atoms with Crippen LogP contribution in [0.4, 0.5) is 5.69 Å². The predicted molar refractivity (Wildman–Crippen MR) is 62.1 cm³/mol. The highest BCUT2D eigenvalue weighted by molar-refractivity contribution is 5.34. The van der Waals surface area contributed by atoms with Crippen molar-refractivity contribution in [1.82, 2.24) is 5.32 Å². The van der Waals surface area contributed by atoms with Crippen LogP contribution in [0.3, 0.4) is 0 Å². The van der Waals surface area contributed by atoms with E-state index in [4.69, 9.17) is 0 Å². The highest BCUT2D eigenvalue weighted by atomic mass is 16.6. The number of benzene rings is 1. The van der Waals surface area contributed by atoms with Crippen molar-refractivity contribution >= 4 is 5.69 Å². The fourth-order valence-corrected chi connectivity index (χ4v) is 1.82. The zero-order valence-electron chi connectivity index (χ0n) is 9.35. The second-order valence-electron chi connectivity index (χ2n) is 4.43. The first-order chi connectivity index (χ1) is 7.66. The minimum Gasteiger partial charge on any atom is -0.310 e. The van der Waals surface area contributed by atoms with Gasteiger partial charge in [-0.15, -0.1) is 0 Å². The SMILES string of the molecule is CC(NCc1cccc([N+](=O)[O-])c1)C1CC1. The molecule has 1 fully saturated rings. The molecule has 4 nitrogen and oxygen atoms in total. The molecule has 0 aliphatic heterocycles. The smallest absolute Gasteiger partial charge is 0.269 e. The molecule has 0 heterocycles. The van der Waals surface area contributed by atoms with Gasteiger partial charge >= 0.3 is 0 Å². The second kappa shape index (κ2) is 4.61. The van der Waals surface area contributed by atoms with Gasteiger partial charge in [-0.3, -0.25) is 10.1 Å². The third-order valence-electron chi connectivity index (χ3n) is 3.08. The molecule has 1 aromatic rings. The van der Waals surface area contributed by atoms with Crippen molar-refractivity contribution in [2.24, 2.45) is 5.92 Å². The summed E-state index contributed by atoms with van der Waals surface area (Å²) in [5.41, 5.74) is 1.14. The van der Waals surface area contributed by atoms with E-state index in [0.29, 0.717) is 12.6 Å². The summed E-state index contributed by atoms with van der Waals surface area (Å²) >= 11 is 0. The molecule has 2 rings (SSSR count). The van der Waals surface area contributed by atoms with Gasteiger partial charge in [0.15, 0.2) is 0 Å². The van der Waals surface area contributed by atoms with Gasteiger partial charge in [0.2, 0.25) is 0 Å². The van der Waals surface area contributed by atoms with Crippen LogP contribution in [0.1, 0.15) is 25.3 Å². The Hall–Kier alpha value is -1.42. The summed E-state index contributed by atoms with van der Waals surface area (Å²) in [5.74, 6) is 0.804. The van der Waals surface area contributed by atoms with Gasteiger partial charge < -0.3 is 5.32 Å². The normalized spacial score (nSPS) is 17.1. The van der Waals surface area contributed by atoms with Crippen LogP contribution in [-0.2, 0) is 6.54 Å². The molecule has 4 heteroatoms. The van der Waals surface area contributed by atoms with Crippen LogP contribution in [0.25, 0.3) is 0 Å². The minimum atomic E-state index is -0.353. The largest absolute Gasteiger partial charge is 0.310 e. The van der Waals surface area contributed by atoms with E-state index in [9.17, 15) is 10.1 Å². The molecular formula is C12H16N2O2. The van der Waals surface area contributed by atoms with Crippen LogP contribution in [0.15, 0.2) is 24.3 Å². The third-order valence-corrected chi connectivity index (χ3v) is 3.08. The van der Waals surface area contributed by atoms with Crippen LogP contribution in [0.2, 0.25) is 0 Å². The van der Waals surface area contributed by atoms with Gasteiger partial charge in [-0.05, 0) is 31.2 Å². The summed E-state index contributed by atoms with van der Waals surface area (Å²) < 4.78 is 0. The summed E-state index contributed by atoms with van der Waals surface area (Å²) in [7, 11) is 0. The lowest BCUT2D eigenvalue weighted by Gasteiger charge is -2.12. The van der Waals surface area contributed by atoms with Gasteiger partial charge in [-0.1, -0.05) is 12.1 Å². The van der Waals surface area contributed by atoms with Crippen LogP contribution in [0, 0.1) is 16.0 Å². The Labute approximate surface area is 94.8 Å². The molecule has 0 radical (unpaired) electrons. The van der Waals surface area contributed by atoms with E-state index < -0.39 is 0 Å². The van der Waals surface area contributed by atoms with E-state index in [2.05, 4.69) is 12.2 Å². The van der Waals surface area contributed by atoms with E-state index in [1.165, 1.54) is 18.9 Å². The van der Waals surface area contributed by atoms with Crippen molar-refractivity contribution in [1.29, 1.82) is 0 Å². The molecule has 1 saturated carbocycles. The first kappa shape index (κ1) is 11.1. The van der Waals surface area contributed by atoms with Crippen molar-refractivity contribution < 1.29 is 4.92 Å². The number of rotatable bonds is 5. The summed E-state index contributed by atoms with van der Waals surface area (Å²) in [6, 6.07) is 7.32. The Bertz CT molecular complexity index is 388. The fourth-order valence-electron chi connectivity index (χ4n) is 1.82. The highest BCUT2D eigenvalue weighted by Gasteiger charge is 2.27. The van der Waals surface area contributed by atoms with Crippen molar-refractivity contribution in [3.05, 3.63) is 39.9 Å². The lowest BCUT2D eigenvalue weighted by molar-refractivity contribution is -0.384. The molecule has 0 spiro atoms. The van der Waals surface area contributed by atoms with E-state index in [1.807, 2.05) is 6.07 Å². The monoisotopic (exact) mass is 220 g/mol. The lowest BCUT2D eigenvalue weighted by Crippen LogP contribution is -2.27. The Morgan fingerprint density at radius 1 is 1.56 bits per heavy atom. The average Bonchev–Trinajstić information content (AvgIpc) is 3.10. The number of nitro benzene ring substituents is 1. The van der Waals surface area contributed by atoms with E-state index in [0.717, 1.165) is 11.5 Å². The maximum atomic E-state index is 10.6. The number of nitrogens with zero attached hydrogens (tertiary/aromatic N) is 1. The fraction of sp³-hybridized carbons (Fsp3) is 0.500. The zero-order chi connectivity index (χ0) is 11.5. The summed E-state index contributed by atoms with van der Waals surface area (Å²) in [4.78, 5) is 10.2. The molecule has 0 amide bonds. The highest BCUT2D eigenvalue weighted by Crippen LogP contribution is 2.32. The maximum Gasteiger partial charge on any atom is 0.269 e. The molecule has 0 bridgehead atoms. The molecular weight excluding hydrogens is 204 g/mol. The lowest BCUT2D eigenvalue weighted by atomic mass is 10.1. The van der Waals surface area contributed by atoms with Gasteiger partial charge in [-0.2, -0.15) is 0 Å². The first-order valence-corrected chi connectivity index (χ1v) is 5.63. The Morgan fingerprint density at radius 3 is 2.94 bits per heavy atom. The number of non-ortho nitro benzene ring substituents is 1. The number of hydrogen-bond acceptors (Lipinski definition) is 3. The van der Waals surface area contributed by atoms with Gasteiger partial charge in [0.1, 0.15) is 0 Å². The predicted octanol–water partition coefficient (Wildman–Crippen LogP) is 2.48. The summed E-state index contributed by atoms with van der Waals surface area (Å²) in [6.07, 6.45) is 2.62. The van der Waals surface area contributed by atoms with Gasteiger partial charge in [0, 0.05) is 24.7 Å². The van der Waals surface area contributed by atoms with Gasteiger partial charge in [-0.25, -0.2) is 0 Å². The Kier molecular flexibility index (Phi) is 3.19. The van der Waals surface area contributed by atoms with Crippen LogP contribution in [0.5, 0.6) is 0 Å². The van der Waals surface area contributed by atoms with Crippen molar-refractivity contribution in [3.63, 3.8) is 0 Å². The van der Waals surface area contributed by atoms with Crippen molar-refractivity contribution in [3.8, 4) is 0 Å². The van der Waals surface area contributed by atoms with Crippen LogP contribution in [-0.4, -0.2) is 11.0 Å². The quantitative estimate of drug-likeness (QED) is 0.612. The molecule has 1 aromatic carbocycles. The Balaban J connectivity index is 1.92. The van der Waals surface area contributed by atoms with Gasteiger partial charge in [0.05, 0.1) is 4.92 Å². The van der Waals surface area contributed by atoms with Crippen molar-refractivity contribution in [2.45, 2.75) is 32.4 Å². The number of nitro groups is 1. The van der Waals surface area contributed by atoms with E-state index in [1.54, 1.807) is 12.1 Å². The topological polar surface area (TPSA) is 55.2 Å². The molecule has 16 heavy (non-hydrogen) atoms. The second-order valence-corrected chi connectivity index (χ2v) is 4.43. The molecule has 1 aliphatic carbocycles. The third kappa shape index (κ3) is 2.79. The summed E-state index contributed by atoms with van der Waals surface area (Å²) in [6.45, 7) is 2.88. The molecule has 0 aromatic heterocycles.